The molecule has 5 heteroatoms. The molecule has 1 aromatic heterocycles. The lowest BCUT2D eigenvalue weighted by atomic mass is 10.2. The molecule has 1 aromatic carbocycles. The quantitative estimate of drug-likeness (QED) is 0.678. The molecule has 0 bridgehead atoms. The van der Waals surface area contributed by atoms with E-state index >= 15 is 0 Å². The molecule has 0 aliphatic heterocycles. The Labute approximate surface area is 122 Å². The summed E-state index contributed by atoms with van der Waals surface area (Å²) in [6.45, 7) is 0. The van der Waals surface area contributed by atoms with Crippen LogP contribution in [0.3, 0.4) is 0 Å². The zero-order valence-electron chi connectivity index (χ0n) is 11.5. The van der Waals surface area contributed by atoms with Crippen LogP contribution in [0, 0.1) is 0 Å². The largest absolute Gasteiger partial charge is 0.378 e. The van der Waals surface area contributed by atoms with E-state index in [0.717, 1.165) is 16.1 Å². The van der Waals surface area contributed by atoms with E-state index in [1.165, 1.54) is 0 Å². The Bertz CT molecular complexity index is 574. The molecule has 0 saturated carbocycles. The molecule has 0 fully saturated rings. The molecule has 0 aliphatic rings. The zero-order chi connectivity index (χ0) is 14.4. The number of carbonyl (C=O) groups excluding carboxylic acids is 1. The van der Waals surface area contributed by atoms with Crippen LogP contribution in [0.15, 0.2) is 46.9 Å². The van der Waals surface area contributed by atoms with E-state index in [4.69, 9.17) is 0 Å². The number of hydrogen-bond donors (Lipinski definition) is 1. The third-order valence-electron chi connectivity index (χ3n) is 2.73. The predicted octanol–water partition coefficient (Wildman–Crippen LogP) is 2.51. The average Bonchev–Trinajstić information content (AvgIpc) is 2.92. The summed E-state index contributed by atoms with van der Waals surface area (Å²) in [7, 11) is 3.99. The van der Waals surface area contributed by atoms with Gasteiger partial charge in [-0.25, -0.2) is 5.43 Å². The Morgan fingerprint density at radius 3 is 2.65 bits per heavy atom. The SMILES string of the molecule is CN(C)c1ccc(C=NNC(=O)Cc2cccs2)cc1. The molecule has 0 aliphatic carbocycles. The molecular weight excluding hydrogens is 270 g/mol. The van der Waals surface area contributed by atoms with Gasteiger partial charge in [-0.1, -0.05) is 18.2 Å². The molecule has 0 unspecified atom stereocenters. The fraction of sp³-hybridized carbons (Fsp3) is 0.200. The van der Waals surface area contributed by atoms with E-state index in [-0.39, 0.29) is 5.91 Å². The number of nitrogens with one attached hydrogen (secondary N) is 1. The summed E-state index contributed by atoms with van der Waals surface area (Å²) in [4.78, 5) is 14.7. The third kappa shape index (κ3) is 4.20. The monoisotopic (exact) mass is 287 g/mol. The van der Waals surface area contributed by atoms with Crippen LogP contribution in [0.4, 0.5) is 5.69 Å². The first kappa shape index (κ1) is 14.3. The van der Waals surface area contributed by atoms with E-state index in [2.05, 4.69) is 10.5 Å². The van der Waals surface area contributed by atoms with Gasteiger partial charge in [0.05, 0.1) is 12.6 Å². The van der Waals surface area contributed by atoms with E-state index < -0.39 is 0 Å². The highest BCUT2D eigenvalue weighted by molar-refractivity contribution is 7.10. The zero-order valence-corrected chi connectivity index (χ0v) is 12.4. The number of anilines is 1. The van der Waals surface area contributed by atoms with Gasteiger partial charge in [-0.15, -0.1) is 11.3 Å². The van der Waals surface area contributed by atoms with Gasteiger partial charge in [-0.05, 0) is 29.1 Å². The van der Waals surface area contributed by atoms with Gasteiger partial charge in [0, 0.05) is 24.7 Å². The van der Waals surface area contributed by atoms with Crippen molar-refractivity contribution >= 4 is 29.1 Å². The molecule has 20 heavy (non-hydrogen) atoms. The number of hydrazone groups is 1. The minimum Gasteiger partial charge on any atom is -0.378 e. The Hall–Kier alpha value is -2.14. The van der Waals surface area contributed by atoms with Crippen LogP contribution < -0.4 is 10.3 Å². The lowest BCUT2D eigenvalue weighted by Crippen LogP contribution is -2.19. The molecular formula is C15H17N3OS. The second-order valence-corrected chi connectivity index (χ2v) is 5.57. The molecule has 0 saturated heterocycles. The smallest absolute Gasteiger partial charge is 0.245 e. The van der Waals surface area contributed by atoms with E-state index in [1.807, 2.05) is 60.8 Å². The first-order valence-electron chi connectivity index (χ1n) is 6.27. The summed E-state index contributed by atoms with van der Waals surface area (Å²) in [6.07, 6.45) is 2.01. The van der Waals surface area contributed by atoms with Crippen LogP contribution >= 0.6 is 11.3 Å². The van der Waals surface area contributed by atoms with Crippen LogP contribution in [0.1, 0.15) is 10.4 Å². The number of hydrogen-bond acceptors (Lipinski definition) is 4. The van der Waals surface area contributed by atoms with Crippen LogP contribution in [-0.4, -0.2) is 26.2 Å². The molecule has 0 atom stereocenters. The van der Waals surface area contributed by atoms with Crippen molar-refractivity contribution in [2.45, 2.75) is 6.42 Å². The summed E-state index contributed by atoms with van der Waals surface area (Å²) in [5, 5.41) is 5.92. The highest BCUT2D eigenvalue weighted by atomic mass is 32.1. The van der Waals surface area contributed by atoms with Gasteiger partial charge in [0.25, 0.3) is 0 Å². The predicted molar refractivity (Wildman–Crippen MR) is 84.5 cm³/mol. The second kappa shape index (κ2) is 6.86. The maximum Gasteiger partial charge on any atom is 0.245 e. The molecule has 4 nitrogen and oxygen atoms in total. The number of thiophene rings is 1. The number of rotatable bonds is 5. The topological polar surface area (TPSA) is 44.7 Å². The molecule has 0 radical (unpaired) electrons. The molecule has 104 valence electrons. The Balaban J connectivity index is 1.85. The molecule has 1 heterocycles. The summed E-state index contributed by atoms with van der Waals surface area (Å²) in [5.41, 5.74) is 4.61. The van der Waals surface area contributed by atoms with E-state index in [0.29, 0.717) is 6.42 Å². The Kier molecular flexibility index (Phi) is 4.90. The number of nitrogens with zero attached hydrogens (tertiary/aromatic N) is 2. The van der Waals surface area contributed by atoms with Crippen molar-refractivity contribution in [1.82, 2.24) is 5.43 Å². The van der Waals surface area contributed by atoms with Gasteiger partial charge in [0.1, 0.15) is 0 Å². The van der Waals surface area contributed by atoms with Crippen molar-refractivity contribution in [3.05, 3.63) is 52.2 Å². The minimum atomic E-state index is -0.103. The van der Waals surface area contributed by atoms with Gasteiger partial charge in [0.15, 0.2) is 0 Å². The maximum absolute atomic E-state index is 11.6. The van der Waals surface area contributed by atoms with Gasteiger partial charge < -0.3 is 4.90 Å². The fourth-order valence-corrected chi connectivity index (χ4v) is 2.35. The van der Waals surface area contributed by atoms with E-state index in [9.17, 15) is 4.79 Å². The summed E-state index contributed by atoms with van der Waals surface area (Å²) >= 11 is 1.57. The van der Waals surface area contributed by atoms with Gasteiger partial charge in [-0.3, -0.25) is 4.79 Å². The van der Waals surface area contributed by atoms with Gasteiger partial charge in [-0.2, -0.15) is 5.10 Å². The standard InChI is InChI=1S/C15H17N3OS/c1-18(2)13-7-5-12(6-8-13)11-16-17-15(19)10-14-4-3-9-20-14/h3-9,11H,10H2,1-2H3,(H,17,19). The molecule has 1 amide bonds. The van der Waals surface area contributed by atoms with Crippen molar-refractivity contribution in [1.29, 1.82) is 0 Å². The average molecular weight is 287 g/mol. The Morgan fingerprint density at radius 1 is 1.30 bits per heavy atom. The molecule has 2 aromatic rings. The van der Waals surface area contributed by atoms with Gasteiger partial charge in [0.2, 0.25) is 5.91 Å². The van der Waals surface area contributed by atoms with Crippen molar-refractivity contribution in [3.8, 4) is 0 Å². The van der Waals surface area contributed by atoms with E-state index in [1.54, 1.807) is 17.6 Å². The normalized spacial score (nSPS) is 10.7. The maximum atomic E-state index is 11.6. The van der Waals surface area contributed by atoms with Crippen molar-refractivity contribution in [2.75, 3.05) is 19.0 Å². The minimum absolute atomic E-state index is 0.103. The summed E-state index contributed by atoms with van der Waals surface area (Å²) < 4.78 is 0. The fourth-order valence-electron chi connectivity index (χ4n) is 1.65. The molecule has 0 spiro atoms. The first-order valence-corrected chi connectivity index (χ1v) is 7.15. The second-order valence-electron chi connectivity index (χ2n) is 4.54. The van der Waals surface area contributed by atoms with Crippen molar-refractivity contribution < 1.29 is 4.79 Å². The van der Waals surface area contributed by atoms with Gasteiger partial charge >= 0.3 is 0 Å². The number of carbonyl (C=O) groups is 1. The lowest BCUT2D eigenvalue weighted by Gasteiger charge is -2.11. The van der Waals surface area contributed by atoms with Crippen LogP contribution in [0.2, 0.25) is 0 Å². The number of benzene rings is 1. The highest BCUT2D eigenvalue weighted by Gasteiger charge is 2.02. The molecule has 2 rings (SSSR count). The summed E-state index contributed by atoms with van der Waals surface area (Å²) in [6, 6.07) is 11.8. The van der Waals surface area contributed by atoms with Crippen LogP contribution in [-0.2, 0) is 11.2 Å². The lowest BCUT2D eigenvalue weighted by molar-refractivity contribution is -0.120. The third-order valence-corrected chi connectivity index (χ3v) is 3.60. The van der Waals surface area contributed by atoms with Crippen LogP contribution in [0.25, 0.3) is 0 Å². The number of amides is 1. The van der Waals surface area contributed by atoms with Crippen molar-refractivity contribution in [2.24, 2.45) is 5.10 Å². The first-order chi connectivity index (χ1) is 9.65. The van der Waals surface area contributed by atoms with Crippen LogP contribution in [0.5, 0.6) is 0 Å². The summed E-state index contributed by atoms with van der Waals surface area (Å²) in [5.74, 6) is -0.103. The van der Waals surface area contributed by atoms with Crippen molar-refractivity contribution in [3.63, 3.8) is 0 Å². The molecule has 1 N–H and O–H groups in total. The Morgan fingerprint density at radius 2 is 2.05 bits per heavy atom. The highest BCUT2D eigenvalue weighted by Crippen LogP contribution is 2.11.